The summed E-state index contributed by atoms with van der Waals surface area (Å²) in [4.78, 5) is 24.4. The Labute approximate surface area is 91.0 Å². The largest absolute Gasteiger partial charge is 0.305 e. The Balaban J connectivity index is 2.32. The Kier molecular flexibility index (Phi) is 4.75. The number of rotatable bonds is 6. The smallest absolute Gasteiger partial charge is 0.246 e. The van der Waals surface area contributed by atoms with E-state index in [1.54, 1.807) is 0 Å². The highest BCUT2D eigenvalue weighted by molar-refractivity contribution is 6.05. The molecular weight excluding hydrogens is 192 g/mol. The van der Waals surface area contributed by atoms with Crippen molar-refractivity contribution >= 4 is 11.8 Å². The second-order valence-electron chi connectivity index (χ2n) is 3.89. The summed E-state index contributed by atoms with van der Waals surface area (Å²) in [6.07, 6.45) is 3.74. The molecule has 1 aliphatic rings. The van der Waals surface area contributed by atoms with Crippen LogP contribution >= 0.6 is 0 Å². The van der Waals surface area contributed by atoms with Gasteiger partial charge in [-0.15, -0.1) is 0 Å². The van der Waals surface area contributed by atoms with Crippen molar-refractivity contribution in [3.63, 3.8) is 0 Å². The lowest BCUT2D eigenvalue weighted by atomic mass is 10.2. The number of carbonyl (C=O) groups excluding carboxylic acids is 2. The van der Waals surface area contributed by atoms with Crippen molar-refractivity contribution < 1.29 is 9.59 Å². The first-order chi connectivity index (χ1) is 7.20. The van der Waals surface area contributed by atoms with Crippen LogP contribution in [0.25, 0.3) is 0 Å². The monoisotopic (exact) mass is 212 g/mol. The predicted molar refractivity (Wildman–Crippen MR) is 58.3 cm³/mol. The predicted octanol–water partition coefficient (Wildman–Crippen LogP) is 0.914. The fourth-order valence-electron chi connectivity index (χ4n) is 1.83. The van der Waals surface area contributed by atoms with E-state index < -0.39 is 0 Å². The van der Waals surface area contributed by atoms with Gasteiger partial charge in [-0.05, 0) is 19.9 Å². The van der Waals surface area contributed by atoms with E-state index in [1.807, 2.05) is 6.92 Å². The maximum atomic E-state index is 11.7. The molecule has 0 aromatic carbocycles. The second kappa shape index (κ2) is 5.85. The summed E-state index contributed by atoms with van der Waals surface area (Å²) in [5.41, 5.74) is 0. The SMILES string of the molecule is CCCCCNC1CC(=O)N(CC)C1=O. The summed E-state index contributed by atoms with van der Waals surface area (Å²) in [5, 5.41) is 3.15. The van der Waals surface area contributed by atoms with E-state index in [2.05, 4.69) is 12.2 Å². The minimum Gasteiger partial charge on any atom is -0.305 e. The number of likely N-dealkylation sites (N-methyl/N-ethyl adjacent to an activating group) is 1. The highest BCUT2D eigenvalue weighted by Crippen LogP contribution is 2.12. The lowest BCUT2D eigenvalue weighted by Crippen LogP contribution is -2.39. The molecule has 1 aliphatic heterocycles. The third-order valence-corrected chi connectivity index (χ3v) is 2.73. The first-order valence-corrected chi connectivity index (χ1v) is 5.78. The van der Waals surface area contributed by atoms with Crippen molar-refractivity contribution in [1.29, 1.82) is 0 Å². The summed E-state index contributed by atoms with van der Waals surface area (Å²) in [5.74, 6) is -0.102. The number of amides is 2. The van der Waals surface area contributed by atoms with Crippen molar-refractivity contribution in [3.05, 3.63) is 0 Å². The number of imide groups is 1. The Hall–Kier alpha value is -0.900. The quantitative estimate of drug-likeness (QED) is 0.526. The Morgan fingerprint density at radius 1 is 1.33 bits per heavy atom. The van der Waals surface area contributed by atoms with Crippen LogP contribution in [0.3, 0.4) is 0 Å². The number of hydrogen-bond donors (Lipinski definition) is 1. The maximum Gasteiger partial charge on any atom is 0.246 e. The molecule has 1 heterocycles. The van der Waals surface area contributed by atoms with Crippen LogP contribution in [0.1, 0.15) is 39.5 Å². The van der Waals surface area contributed by atoms with Crippen LogP contribution in [0.15, 0.2) is 0 Å². The first-order valence-electron chi connectivity index (χ1n) is 5.78. The minimum atomic E-state index is -0.269. The van der Waals surface area contributed by atoms with E-state index in [0.717, 1.165) is 13.0 Å². The van der Waals surface area contributed by atoms with E-state index in [4.69, 9.17) is 0 Å². The summed E-state index contributed by atoms with van der Waals surface area (Å²) in [6.45, 7) is 5.29. The zero-order valence-corrected chi connectivity index (χ0v) is 9.58. The molecule has 15 heavy (non-hydrogen) atoms. The van der Waals surface area contributed by atoms with Gasteiger partial charge < -0.3 is 5.32 Å². The van der Waals surface area contributed by atoms with Gasteiger partial charge in [0, 0.05) is 6.54 Å². The molecule has 0 aromatic heterocycles. The molecular formula is C11H20N2O2. The van der Waals surface area contributed by atoms with Crippen LogP contribution in [-0.2, 0) is 9.59 Å². The third-order valence-electron chi connectivity index (χ3n) is 2.73. The van der Waals surface area contributed by atoms with Crippen LogP contribution < -0.4 is 5.32 Å². The molecule has 86 valence electrons. The molecule has 0 aliphatic carbocycles. The van der Waals surface area contributed by atoms with Crippen LogP contribution in [0.4, 0.5) is 0 Å². The van der Waals surface area contributed by atoms with Gasteiger partial charge in [0.15, 0.2) is 0 Å². The number of nitrogens with zero attached hydrogens (tertiary/aromatic N) is 1. The van der Waals surface area contributed by atoms with Crippen molar-refractivity contribution in [1.82, 2.24) is 10.2 Å². The molecule has 0 aromatic rings. The van der Waals surface area contributed by atoms with E-state index >= 15 is 0 Å². The van der Waals surface area contributed by atoms with E-state index in [1.165, 1.54) is 17.7 Å². The van der Waals surface area contributed by atoms with Gasteiger partial charge in [0.2, 0.25) is 11.8 Å². The molecule has 1 atom stereocenters. The average molecular weight is 212 g/mol. The molecule has 4 heteroatoms. The first kappa shape index (κ1) is 12.2. The molecule has 1 fully saturated rings. The van der Waals surface area contributed by atoms with Gasteiger partial charge in [0.25, 0.3) is 0 Å². The lowest BCUT2D eigenvalue weighted by molar-refractivity contribution is -0.138. The molecule has 0 radical (unpaired) electrons. The number of hydrogen-bond acceptors (Lipinski definition) is 3. The standard InChI is InChI=1S/C11H20N2O2/c1-3-5-6-7-12-9-8-10(14)13(4-2)11(9)15/h9,12H,3-8H2,1-2H3. The normalized spacial score (nSPS) is 21.5. The highest BCUT2D eigenvalue weighted by atomic mass is 16.2. The number of nitrogens with one attached hydrogen (secondary N) is 1. The van der Waals surface area contributed by atoms with Crippen molar-refractivity contribution in [2.45, 2.75) is 45.6 Å². The molecule has 1 rings (SSSR count). The summed E-state index contributed by atoms with van der Waals surface area (Å²) >= 11 is 0. The van der Waals surface area contributed by atoms with Crippen molar-refractivity contribution in [2.24, 2.45) is 0 Å². The highest BCUT2D eigenvalue weighted by Gasteiger charge is 2.36. The summed E-state index contributed by atoms with van der Waals surface area (Å²) in [7, 11) is 0. The Morgan fingerprint density at radius 3 is 2.60 bits per heavy atom. The van der Waals surface area contributed by atoms with Crippen LogP contribution in [-0.4, -0.2) is 35.8 Å². The van der Waals surface area contributed by atoms with Crippen LogP contribution in [0.5, 0.6) is 0 Å². The number of carbonyl (C=O) groups is 2. The van der Waals surface area contributed by atoms with Gasteiger partial charge in [0.1, 0.15) is 0 Å². The average Bonchev–Trinajstić information content (AvgIpc) is 2.49. The lowest BCUT2D eigenvalue weighted by Gasteiger charge is -2.12. The number of unbranched alkanes of at least 4 members (excludes halogenated alkanes) is 2. The van der Waals surface area contributed by atoms with Gasteiger partial charge in [0.05, 0.1) is 12.5 Å². The summed E-state index contributed by atoms with van der Waals surface area (Å²) in [6, 6.07) is -0.269. The molecule has 2 amide bonds. The van der Waals surface area contributed by atoms with Gasteiger partial charge in [-0.2, -0.15) is 0 Å². The molecule has 1 N–H and O–H groups in total. The van der Waals surface area contributed by atoms with Gasteiger partial charge in [-0.25, -0.2) is 0 Å². The third kappa shape index (κ3) is 3.02. The molecule has 1 unspecified atom stereocenters. The second-order valence-corrected chi connectivity index (χ2v) is 3.89. The van der Waals surface area contributed by atoms with Crippen LogP contribution in [0, 0.1) is 0 Å². The fraction of sp³-hybridized carbons (Fsp3) is 0.818. The van der Waals surface area contributed by atoms with Gasteiger partial charge in [-0.3, -0.25) is 14.5 Å². The Morgan fingerprint density at radius 2 is 2.07 bits per heavy atom. The van der Waals surface area contributed by atoms with Gasteiger partial charge in [-0.1, -0.05) is 19.8 Å². The topological polar surface area (TPSA) is 49.4 Å². The zero-order chi connectivity index (χ0) is 11.3. The molecule has 1 saturated heterocycles. The molecule has 0 bridgehead atoms. The van der Waals surface area contributed by atoms with Crippen molar-refractivity contribution in [3.8, 4) is 0 Å². The number of likely N-dealkylation sites (tertiary alicyclic amines) is 1. The minimum absolute atomic E-state index is 0.0458. The van der Waals surface area contributed by atoms with Gasteiger partial charge >= 0.3 is 0 Å². The van der Waals surface area contributed by atoms with Crippen molar-refractivity contribution in [2.75, 3.05) is 13.1 Å². The molecule has 0 saturated carbocycles. The van der Waals surface area contributed by atoms with E-state index in [9.17, 15) is 9.59 Å². The fourth-order valence-corrected chi connectivity index (χ4v) is 1.83. The summed E-state index contributed by atoms with van der Waals surface area (Å²) < 4.78 is 0. The zero-order valence-electron chi connectivity index (χ0n) is 9.58. The molecule has 4 nitrogen and oxygen atoms in total. The maximum absolute atomic E-state index is 11.7. The molecule has 0 spiro atoms. The van der Waals surface area contributed by atoms with E-state index in [0.29, 0.717) is 13.0 Å². The van der Waals surface area contributed by atoms with E-state index in [-0.39, 0.29) is 17.9 Å². The Bertz CT molecular complexity index is 241. The van der Waals surface area contributed by atoms with Crippen LogP contribution in [0.2, 0.25) is 0 Å².